The van der Waals surface area contributed by atoms with Crippen LogP contribution >= 0.6 is 11.6 Å². The van der Waals surface area contributed by atoms with Crippen molar-refractivity contribution in [2.45, 2.75) is 33.1 Å². The molecule has 0 aliphatic carbocycles. The molecular weight excluding hydrogens is 282 g/mol. The third-order valence-corrected chi connectivity index (χ3v) is 4.02. The minimum Gasteiger partial charge on any atom is -0.326 e. The molecule has 2 heterocycles. The van der Waals surface area contributed by atoms with Crippen LogP contribution in [0.25, 0.3) is 0 Å². The number of fused-ring (bicyclic) bond motifs is 1. The molecule has 110 valence electrons. The molecule has 0 saturated carbocycles. The van der Waals surface area contributed by atoms with Crippen LogP contribution < -0.4 is 4.90 Å². The molecule has 1 aromatic carbocycles. The van der Waals surface area contributed by atoms with Crippen LogP contribution in [-0.4, -0.2) is 16.5 Å². The van der Waals surface area contributed by atoms with E-state index in [1.54, 1.807) is 0 Å². The molecule has 1 aliphatic heterocycles. The van der Waals surface area contributed by atoms with Gasteiger partial charge >= 0.3 is 0 Å². The average molecular weight is 302 g/mol. The lowest BCUT2D eigenvalue weighted by Crippen LogP contribution is -2.31. The standard InChI is InChI=1S/C17H20ClN3/c1-3-6-16-19-15(18)10-17(20-16)21-11-12(2)9-13-7-4-5-8-14(13)21/h4-5,7-8,10,12H,3,6,9,11H2,1-2H3. The normalized spacial score (nSPS) is 17.7. The molecule has 2 aromatic rings. The summed E-state index contributed by atoms with van der Waals surface area (Å²) in [6.07, 6.45) is 3.00. The first kappa shape index (κ1) is 14.3. The van der Waals surface area contributed by atoms with Gasteiger partial charge < -0.3 is 4.90 Å². The van der Waals surface area contributed by atoms with Crippen LogP contribution in [0.5, 0.6) is 0 Å². The fourth-order valence-corrected chi connectivity index (χ4v) is 3.13. The maximum absolute atomic E-state index is 6.19. The lowest BCUT2D eigenvalue weighted by atomic mass is 9.94. The number of hydrogen-bond donors (Lipinski definition) is 0. The predicted molar refractivity (Wildman–Crippen MR) is 87.4 cm³/mol. The van der Waals surface area contributed by atoms with Crippen molar-refractivity contribution in [3.8, 4) is 0 Å². The van der Waals surface area contributed by atoms with E-state index in [1.807, 2.05) is 6.07 Å². The van der Waals surface area contributed by atoms with Crippen molar-refractivity contribution >= 4 is 23.1 Å². The van der Waals surface area contributed by atoms with E-state index >= 15 is 0 Å². The highest BCUT2D eigenvalue weighted by Crippen LogP contribution is 2.34. The molecule has 0 saturated heterocycles. The molecule has 3 nitrogen and oxygen atoms in total. The monoisotopic (exact) mass is 301 g/mol. The quantitative estimate of drug-likeness (QED) is 0.786. The van der Waals surface area contributed by atoms with E-state index in [1.165, 1.54) is 11.3 Å². The highest BCUT2D eigenvalue weighted by Gasteiger charge is 2.24. The topological polar surface area (TPSA) is 29.0 Å². The van der Waals surface area contributed by atoms with Crippen molar-refractivity contribution in [3.63, 3.8) is 0 Å². The van der Waals surface area contributed by atoms with Crippen molar-refractivity contribution in [3.05, 3.63) is 46.9 Å². The van der Waals surface area contributed by atoms with Gasteiger partial charge in [0, 0.05) is 24.7 Å². The maximum Gasteiger partial charge on any atom is 0.138 e. The molecule has 0 fully saturated rings. The van der Waals surface area contributed by atoms with E-state index in [9.17, 15) is 0 Å². The van der Waals surface area contributed by atoms with Crippen LogP contribution in [0.4, 0.5) is 11.5 Å². The molecule has 3 rings (SSSR count). The van der Waals surface area contributed by atoms with Gasteiger partial charge in [-0.2, -0.15) is 0 Å². The molecule has 0 spiro atoms. The fourth-order valence-electron chi connectivity index (χ4n) is 2.94. The van der Waals surface area contributed by atoms with Gasteiger partial charge in [0.1, 0.15) is 16.8 Å². The summed E-state index contributed by atoms with van der Waals surface area (Å²) in [6.45, 7) is 5.37. The second-order valence-corrected chi connectivity index (χ2v) is 6.15. The number of para-hydroxylation sites is 1. The molecule has 0 N–H and O–H groups in total. The number of anilines is 2. The second-order valence-electron chi connectivity index (χ2n) is 5.76. The Hall–Kier alpha value is -1.61. The van der Waals surface area contributed by atoms with Crippen LogP contribution in [0, 0.1) is 5.92 Å². The van der Waals surface area contributed by atoms with E-state index in [2.05, 4.69) is 48.0 Å². The summed E-state index contributed by atoms with van der Waals surface area (Å²) in [4.78, 5) is 11.3. The van der Waals surface area contributed by atoms with E-state index in [0.29, 0.717) is 11.1 Å². The molecule has 0 amide bonds. The lowest BCUT2D eigenvalue weighted by molar-refractivity contribution is 0.559. The number of hydrogen-bond acceptors (Lipinski definition) is 3. The highest BCUT2D eigenvalue weighted by molar-refractivity contribution is 6.29. The Morgan fingerprint density at radius 3 is 2.90 bits per heavy atom. The number of benzene rings is 1. The lowest BCUT2D eigenvalue weighted by Gasteiger charge is -2.34. The third kappa shape index (κ3) is 3.03. The van der Waals surface area contributed by atoms with Crippen molar-refractivity contribution in [2.75, 3.05) is 11.4 Å². The van der Waals surface area contributed by atoms with E-state index in [-0.39, 0.29) is 0 Å². The summed E-state index contributed by atoms with van der Waals surface area (Å²) >= 11 is 6.19. The van der Waals surface area contributed by atoms with Crippen LogP contribution in [0.2, 0.25) is 5.15 Å². The van der Waals surface area contributed by atoms with Crippen LogP contribution in [0.3, 0.4) is 0 Å². The molecule has 21 heavy (non-hydrogen) atoms. The minimum absolute atomic E-state index is 0.527. The maximum atomic E-state index is 6.19. The van der Waals surface area contributed by atoms with Gasteiger partial charge in [-0.05, 0) is 30.4 Å². The number of rotatable bonds is 3. The van der Waals surface area contributed by atoms with E-state index in [0.717, 1.165) is 37.4 Å². The summed E-state index contributed by atoms with van der Waals surface area (Å²) in [5.74, 6) is 2.34. The smallest absolute Gasteiger partial charge is 0.138 e. The number of halogens is 1. The van der Waals surface area contributed by atoms with E-state index in [4.69, 9.17) is 16.6 Å². The van der Waals surface area contributed by atoms with Gasteiger partial charge in [-0.1, -0.05) is 43.6 Å². The van der Waals surface area contributed by atoms with E-state index < -0.39 is 0 Å². The van der Waals surface area contributed by atoms with Crippen LogP contribution in [-0.2, 0) is 12.8 Å². The van der Waals surface area contributed by atoms with Gasteiger partial charge in [-0.15, -0.1) is 0 Å². The summed E-state index contributed by atoms with van der Waals surface area (Å²) in [7, 11) is 0. The van der Waals surface area contributed by atoms with Gasteiger partial charge in [0.15, 0.2) is 0 Å². The zero-order valence-electron chi connectivity index (χ0n) is 12.5. The largest absolute Gasteiger partial charge is 0.326 e. The molecule has 1 aromatic heterocycles. The van der Waals surface area contributed by atoms with Crippen LogP contribution in [0.15, 0.2) is 30.3 Å². The summed E-state index contributed by atoms with van der Waals surface area (Å²) in [6, 6.07) is 10.4. The summed E-state index contributed by atoms with van der Waals surface area (Å²) < 4.78 is 0. The van der Waals surface area contributed by atoms with Gasteiger partial charge in [-0.3, -0.25) is 0 Å². The number of aromatic nitrogens is 2. The van der Waals surface area contributed by atoms with Gasteiger partial charge in [-0.25, -0.2) is 9.97 Å². The second kappa shape index (κ2) is 6.02. The average Bonchev–Trinajstić information content (AvgIpc) is 2.46. The van der Waals surface area contributed by atoms with Crippen LogP contribution in [0.1, 0.15) is 31.7 Å². The third-order valence-electron chi connectivity index (χ3n) is 3.82. The first-order valence-electron chi connectivity index (χ1n) is 7.56. The molecule has 0 radical (unpaired) electrons. The zero-order valence-corrected chi connectivity index (χ0v) is 13.3. The Balaban J connectivity index is 2.04. The summed E-state index contributed by atoms with van der Waals surface area (Å²) in [5, 5.41) is 0.527. The Morgan fingerprint density at radius 2 is 2.10 bits per heavy atom. The fraction of sp³-hybridized carbons (Fsp3) is 0.412. The molecule has 1 unspecified atom stereocenters. The van der Waals surface area contributed by atoms with Crippen molar-refractivity contribution in [1.29, 1.82) is 0 Å². The Morgan fingerprint density at radius 1 is 1.29 bits per heavy atom. The van der Waals surface area contributed by atoms with Gasteiger partial charge in [0.25, 0.3) is 0 Å². The molecule has 4 heteroatoms. The molecule has 0 bridgehead atoms. The predicted octanol–water partition coefficient (Wildman–Crippen LogP) is 4.41. The van der Waals surface area contributed by atoms with Gasteiger partial charge in [0.05, 0.1) is 0 Å². The SMILES string of the molecule is CCCc1nc(Cl)cc(N2CC(C)Cc3ccccc32)n1. The zero-order chi connectivity index (χ0) is 14.8. The highest BCUT2D eigenvalue weighted by atomic mass is 35.5. The Labute approximate surface area is 131 Å². The number of aryl methyl sites for hydroxylation is 1. The molecule has 1 aliphatic rings. The molecule has 1 atom stereocenters. The Bertz CT molecular complexity index is 642. The van der Waals surface area contributed by atoms with Gasteiger partial charge in [0.2, 0.25) is 0 Å². The number of nitrogens with zero attached hydrogens (tertiary/aromatic N) is 3. The first-order valence-corrected chi connectivity index (χ1v) is 7.94. The minimum atomic E-state index is 0.527. The molecular formula is C17H20ClN3. The first-order chi connectivity index (χ1) is 10.2. The Kier molecular flexibility index (Phi) is 4.11. The summed E-state index contributed by atoms with van der Waals surface area (Å²) in [5.41, 5.74) is 2.62. The van der Waals surface area contributed by atoms with Crippen molar-refractivity contribution in [2.24, 2.45) is 5.92 Å². The van der Waals surface area contributed by atoms with Crippen molar-refractivity contribution in [1.82, 2.24) is 9.97 Å². The van der Waals surface area contributed by atoms with Crippen molar-refractivity contribution < 1.29 is 0 Å².